The summed E-state index contributed by atoms with van der Waals surface area (Å²) in [6, 6.07) is 0. The fraction of sp³-hybridized carbons (Fsp3) is 0.615. The maximum absolute atomic E-state index is 6.16. The molecule has 0 amide bonds. The summed E-state index contributed by atoms with van der Waals surface area (Å²) in [6.07, 6.45) is 3.96. The number of rotatable bonds is 1. The predicted molar refractivity (Wildman–Crippen MR) is 68.8 cm³/mol. The zero-order valence-electron chi connectivity index (χ0n) is 10.5. The number of aromatic nitrogens is 4. The number of aryl methyl sites for hydroxylation is 2. The Bertz CT molecular complexity index is 638. The summed E-state index contributed by atoms with van der Waals surface area (Å²) < 4.78 is 2.11. The number of nitrogens with zero attached hydrogens (tertiary/aromatic N) is 4. The first-order valence-electron chi connectivity index (χ1n) is 6.53. The van der Waals surface area contributed by atoms with Crippen LogP contribution in [-0.2, 0) is 0 Å². The molecule has 18 heavy (non-hydrogen) atoms. The predicted octanol–water partition coefficient (Wildman–Crippen LogP) is 2.91. The lowest BCUT2D eigenvalue weighted by atomic mass is 10.0. The van der Waals surface area contributed by atoms with E-state index in [1.807, 2.05) is 6.92 Å². The van der Waals surface area contributed by atoms with E-state index in [1.165, 1.54) is 19.3 Å². The van der Waals surface area contributed by atoms with Gasteiger partial charge in [0.15, 0.2) is 10.8 Å². The molecule has 2 aliphatic carbocycles. The van der Waals surface area contributed by atoms with Crippen molar-refractivity contribution in [3.8, 4) is 0 Å². The summed E-state index contributed by atoms with van der Waals surface area (Å²) in [5.41, 5.74) is 2.77. The first kappa shape index (κ1) is 10.7. The molecule has 0 aliphatic heterocycles. The van der Waals surface area contributed by atoms with E-state index in [-0.39, 0.29) is 0 Å². The monoisotopic (exact) mass is 262 g/mol. The topological polar surface area (TPSA) is 43.1 Å². The maximum Gasteiger partial charge on any atom is 0.198 e. The first-order chi connectivity index (χ1) is 8.65. The van der Waals surface area contributed by atoms with Gasteiger partial charge >= 0.3 is 0 Å². The Labute approximate surface area is 110 Å². The normalized spacial score (nSPS) is 29.8. The molecule has 2 saturated carbocycles. The molecule has 0 radical (unpaired) electrons. The van der Waals surface area contributed by atoms with Gasteiger partial charge in [0, 0.05) is 11.6 Å². The highest BCUT2D eigenvalue weighted by Gasteiger charge is 2.47. The molecule has 94 valence electrons. The Kier molecular flexibility index (Phi) is 2.05. The van der Waals surface area contributed by atoms with Gasteiger partial charge in [0.05, 0.1) is 5.69 Å². The van der Waals surface area contributed by atoms with Gasteiger partial charge in [-0.3, -0.25) is 4.40 Å². The van der Waals surface area contributed by atoms with Crippen LogP contribution in [-0.4, -0.2) is 19.6 Å². The smallest absolute Gasteiger partial charge is 0.198 e. The average Bonchev–Trinajstić information content (AvgIpc) is 2.80. The SMILES string of the molecule is Cc1nc(Cl)c2nnc(C3CC4CC4C3)n2c1C. The van der Waals surface area contributed by atoms with Crippen LogP contribution in [0.5, 0.6) is 0 Å². The first-order valence-corrected chi connectivity index (χ1v) is 6.90. The van der Waals surface area contributed by atoms with Gasteiger partial charge in [-0.25, -0.2) is 4.98 Å². The molecule has 5 heteroatoms. The van der Waals surface area contributed by atoms with Crippen LogP contribution in [0.25, 0.3) is 5.65 Å². The maximum atomic E-state index is 6.16. The van der Waals surface area contributed by atoms with E-state index in [1.54, 1.807) is 0 Å². The van der Waals surface area contributed by atoms with Gasteiger partial charge in [0.25, 0.3) is 0 Å². The molecule has 0 bridgehead atoms. The lowest BCUT2D eigenvalue weighted by Gasteiger charge is -2.12. The van der Waals surface area contributed by atoms with Crippen LogP contribution < -0.4 is 0 Å². The molecular formula is C13H15ClN4. The fourth-order valence-corrected chi connectivity index (χ4v) is 3.64. The van der Waals surface area contributed by atoms with Gasteiger partial charge in [-0.15, -0.1) is 10.2 Å². The molecule has 0 N–H and O–H groups in total. The molecule has 0 spiro atoms. The van der Waals surface area contributed by atoms with Crippen molar-refractivity contribution in [2.24, 2.45) is 11.8 Å². The van der Waals surface area contributed by atoms with Crippen LogP contribution in [0.3, 0.4) is 0 Å². The molecule has 2 heterocycles. The van der Waals surface area contributed by atoms with Crippen LogP contribution in [0, 0.1) is 25.7 Å². The van der Waals surface area contributed by atoms with E-state index >= 15 is 0 Å². The molecule has 2 unspecified atom stereocenters. The highest BCUT2D eigenvalue weighted by molar-refractivity contribution is 6.32. The van der Waals surface area contributed by atoms with Crippen LogP contribution in [0.15, 0.2) is 0 Å². The number of fused-ring (bicyclic) bond motifs is 2. The highest BCUT2D eigenvalue weighted by Crippen LogP contribution is 2.57. The Hall–Kier alpha value is -1.16. The molecule has 2 fully saturated rings. The van der Waals surface area contributed by atoms with Gasteiger partial charge < -0.3 is 0 Å². The van der Waals surface area contributed by atoms with Gasteiger partial charge in [-0.1, -0.05) is 11.6 Å². The number of hydrogen-bond acceptors (Lipinski definition) is 3. The van der Waals surface area contributed by atoms with Crippen LogP contribution in [0.4, 0.5) is 0 Å². The van der Waals surface area contributed by atoms with E-state index in [4.69, 9.17) is 11.6 Å². The van der Waals surface area contributed by atoms with Crippen molar-refractivity contribution in [1.29, 1.82) is 0 Å². The average molecular weight is 263 g/mol. The van der Waals surface area contributed by atoms with E-state index in [9.17, 15) is 0 Å². The lowest BCUT2D eigenvalue weighted by molar-refractivity contribution is 0.581. The summed E-state index contributed by atoms with van der Waals surface area (Å²) in [5, 5.41) is 9.07. The molecule has 2 atom stereocenters. The number of hydrogen-bond donors (Lipinski definition) is 0. The van der Waals surface area contributed by atoms with Crippen molar-refractivity contribution in [1.82, 2.24) is 19.6 Å². The van der Waals surface area contributed by atoms with Crippen molar-refractivity contribution < 1.29 is 0 Å². The Morgan fingerprint density at radius 3 is 2.56 bits per heavy atom. The molecule has 0 aromatic carbocycles. The second-order valence-electron chi connectivity index (χ2n) is 5.71. The summed E-state index contributed by atoms with van der Waals surface area (Å²) in [4.78, 5) is 4.31. The van der Waals surface area contributed by atoms with Crippen LogP contribution in [0.2, 0.25) is 5.15 Å². The van der Waals surface area contributed by atoms with Crippen molar-refractivity contribution in [2.45, 2.75) is 39.0 Å². The molecule has 2 aromatic rings. The number of halogens is 1. The van der Waals surface area contributed by atoms with Crippen LogP contribution >= 0.6 is 11.6 Å². The Morgan fingerprint density at radius 1 is 1.11 bits per heavy atom. The lowest BCUT2D eigenvalue weighted by Crippen LogP contribution is -2.07. The third-order valence-corrected chi connectivity index (χ3v) is 4.86. The Morgan fingerprint density at radius 2 is 1.83 bits per heavy atom. The van der Waals surface area contributed by atoms with Crippen molar-refractivity contribution >= 4 is 17.2 Å². The second-order valence-corrected chi connectivity index (χ2v) is 6.07. The minimum Gasteiger partial charge on any atom is -0.279 e. The summed E-state index contributed by atoms with van der Waals surface area (Å²) >= 11 is 6.16. The second kappa shape index (κ2) is 3.44. The largest absolute Gasteiger partial charge is 0.279 e. The van der Waals surface area contributed by atoms with E-state index in [0.29, 0.717) is 16.7 Å². The van der Waals surface area contributed by atoms with Gasteiger partial charge in [-0.05, 0) is 44.9 Å². The minimum atomic E-state index is 0.458. The summed E-state index contributed by atoms with van der Waals surface area (Å²) in [5.74, 6) is 3.53. The third kappa shape index (κ3) is 1.35. The van der Waals surface area contributed by atoms with Crippen molar-refractivity contribution in [3.05, 3.63) is 22.4 Å². The quantitative estimate of drug-likeness (QED) is 0.794. The van der Waals surface area contributed by atoms with Gasteiger partial charge in [-0.2, -0.15) is 0 Å². The fourth-order valence-electron chi connectivity index (χ4n) is 3.39. The van der Waals surface area contributed by atoms with Gasteiger partial charge in [0.2, 0.25) is 0 Å². The van der Waals surface area contributed by atoms with E-state index < -0.39 is 0 Å². The van der Waals surface area contributed by atoms with Crippen LogP contribution in [0.1, 0.15) is 42.4 Å². The zero-order valence-corrected chi connectivity index (χ0v) is 11.3. The molecule has 2 aromatic heterocycles. The Balaban J connectivity index is 1.90. The van der Waals surface area contributed by atoms with Gasteiger partial charge in [0.1, 0.15) is 5.82 Å². The third-order valence-electron chi connectivity index (χ3n) is 4.61. The van der Waals surface area contributed by atoms with E-state index in [0.717, 1.165) is 29.0 Å². The summed E-state index contributed by atoms with van der Waals surface area (Å²) in [6.45, 7) is 4.05. The standard InChI is InChI=1S/C13H15ClN4/c1-6-7(2)18-12(10-4-8-3-9(8)5-10)16-17-13(18)11(14)15-6/h8-10H,3-5H2,1-2H3. The van der Waals surface area contributed by atoms with E-state index in [2.05, 4.69) is 26.5 Å². The molecule has 0 saturated heterocycles. The van der Waals surface area contributed by atoms with Crippen molar-refractivity contribution in [2.75, 3.05) is 0 Å². The van der Waals surface area contributed by atoms with Crippen molar-refractivity contribution in [3.63, 3.8) is 0 Å². The molecule has 4 rings (SSSR count). The molecule has 2 aliphatic rings. The highest BCUT2D eigenvalue weighted by atomic mass is 35.5. The zero-order chi connectivity index (χ0) is 12.4. The minimum absolute atomic E-state index is 0.458. The summed E-state index contributed by atoms with van der Waals surface area (Å²) in [7, 11) is 0. The molecular weight excluding hydrogens is 248 g/mol. The molecule has 4 nitrogen and oxygen atoms in total.